The molecule has 3 aliphatic heterocycles. The number of hydrogen-bond donors (Lipinski definition) is 0. The molecule has 312 valence electrons. The van der Waals surface area contributed by atoms with Crippen molar-refractivity contribution in [1.29, 1.82) is 0 Å². The van der Waals surface area contributed by atoms with Crippen molar-refractivity contribution < 1.29 is 0 Å². The van der Waals surface area contributed by atoms with Gasteiger partial charge in [-0.05, 0) is 141 Å². The van der Waals surface area contributed by atoms with Crippen LogP contribution in [0.15, 0.2) is 168 Å². The van der Waals surface area contributed by atoms with Gasteiger partial charge < -0.3 is 9.80 Å². The Hall–Kier alpha value is -6.47. The summed E-state index contributed by atoms with van der Waals surface area (Å²) in [6, 6.07) is 58.8. The maximum atomic E-state index is 3.68. The molecule has 0 bridgehead atoms. The Morgan fingerprint density at radius 1 is 0.562 bits per heavy atom. The molecule has 7 aromatic carbocycles. The van der Waals surface area contributed by atoms with Crippen LogP contribution in [0, 0.1) is 18.1 Å². The molecule has 3 heterocycles. The van der Waals surface area contributed by atoms with E-state index in [-0.39, 0.29) is 16.9 Å². The molecule has 2 atom stereocenters. The number of allylic oxidation sites excluding steroid dienone is 2. The Morgan fingerprint density at radius 2 is 1.14 bits per heavy atom. The molecule has 13 rings (SSSR count). The summed E-state index contributed by atoms with van der Waals surface area (Å²) in [6.45, 7) is 9.58. The molecule has 0 saturated carbocycles. The minimum absolute atomic E-state index is 0.145. The number of fused-ring (bicyclic) bond motifs is 12. The van der Waals surface area contributed by atoms with Gasteiger partial charge >= 0.3 is 0 Å². The molecule has 2 unspecified atom stereocenters. The third-order valence-corrected chi connectivity index (χ3v) is 20.1. The zero-order valence-corrected chi connectivity index (χ0v) is 38.0. The summed E-state index contributed by atoms with van der Waals surface area (Å²) in [4.78, 5) is 8.21. The number of hydrogen-bond acceptors (Lipinski definition) is 2. The molecule has 0 N–H and O–H groups in total. The highest BCUT2D eigenvalue weighted by Crippen LogP contribution is 2.74. The first kappa shape index (κ1) is 38.0. The zero-order chi connectivity index (χ0) is 43.0. The summed E-state index contributed by atoms with van der Waals surface area (Å²) >= 11 is 0. The van der Waals surface area contributed by atoms with E-state index in [1.807, 2.05) is 0 Å². The van der Waals surface area contributed by atoms with Crippen LogP contribution >= 0.6 is 10.0 Å². The Balaban J connectivity index is 0.801. The summed E-state index contributed by atoms with van der Waals surface area (Å²) in [5.41, 5.74) is 20.5. The minimum atomic E-state index is -1.02. The molecule has 3 heteroatoms. The fourth-order valence-corrected chi connectivity index (χ4v) is 17.0. The largest absolute Gasteiger partial charge is 0.327 e. The molecule has 7 aromatic rings. The number of para-hydroxylation sites is 3. The molecule has 1 saturated heterocycles. The van der Waals surface area contributed by atoms with E-state index in [0.717, 1.165) is 12.1 Å². The molecule has 2 nitrogen and oxygen atoms in total. The van der Waals surface area contributed by atoms with Crippen molar-refractivity contribution in [3.05, 3.63) is 209 Å². The quantitative estimate of drug-likeness (QED) is 0.163. The second-order valence-electron chi connectivity index (χ2n) is 19.9. The molecule has 0 amide bonds. The third kappa shape index (κ3) is 5.36. The Kier molecular flexibility index (Phi) is 8.18. The van der Waals surface area contributed by atoms with Crippen LogP contribution in [-0.2, 0) is 17.3 Å². The molecule has 64 heavy (non-hydrogen) atoms. The van der Waals surface area contributed by atoms with Gasteiger partial charge in [-0.15, -0.1) is 0 Å². The first-order chi connectivity index (χ1) is 31.2. The minimum Gasteiger partial charge on any atom is -0.327 e. The molecule has 3 aliphatic carbocycles. The SMILES string of the molecule is CC1(C)c2cc(N3c4ccccc4CC4C=CC=CC43)c#cc2-c2ccc(C=Cc3ccc4c(c3)C(C)(C)c3cc(N5c6ccccc6S6(CCCC6)c6ccccc65)ccc3-4)cc21. The van der Waals surface area contributed by atoms with Crippen LogP contribution in [0.2, 0.25) is 0 Å². The zero-order valence-electron chi connectivity index (χ0n) is 37.2. The predicted molar refractivity (Wildman–Crippen MR) is 270 cm³/mol. The predicted octanol–water partition coefficient (Wildman–Crippen LogP) is 15.7. The summed E-state index contributed by atoms with van der Waals surface area (Å²) in [5.74, 6) is 3.05. The van der Waals surface area contributed by atoms with Crippen LogP contribution in [0.4, 0.5) is 28.4 Å². The van der Waals surface area contributed by atoms with E-state index in [1.54, 1.807) is 9.79 Å². The average molecular weight is 845 g/mol. The Bertz CT molecular complexity index is 3140. The van der Waals surface area contributed by atoms with Crippen LogP contribution < -0.4 is 9.80 Å². The van der Waals surface area contributed by atoms with E-state index < -0.39 is 10.0 Å². The lowest BCUT2D eigenvalue weighted by Gasteiger charge is -2.47. The number of nitrogens with zero attached hydrogens (tertiary/aromatic N) is 2. The second-order valence-corrected chi connectivity index (χ2v) is 23.4. The van der Waals surface area contributed by atoms with Crippen molar-refractivity contribution in [3.8, 4) is 22.3 Å². The lowest BCUT2D eigenvalue weighted by atomic mass is 9.81. The molecular weight excluding hydrogens is 793 g/mol. The molecule has 0 radical (unpaired) electrons. The average Bonchev–Trinajstić information content (AvgIpc) is 3.97. The lowest BCUT2D eigenvalue weighted by molar-refractivity contribution is 0.533. The summed E-state index contributed by atoms with van der Waals surface area (Å²) < 4.78 is 0. The van der Waals surface area contributed by atoms with Gasteiger partial charge in [0.05, 0.1) is 23.1 Å². The van der Waals surface area contributed by atoms with Crippen molar-refractivity contribution in [3.63, 3.8) is 0 Å². The van der Waals surface area contributed by atoms with Crippen LogP contribution in [0.3, 0.4) is 0 Å². The summed E-state index contributed by atoms with van der Waals surface area (Å²) in [5, 5.41) is 0. The molecular formula is C61H52N2S. The maximum absolute atomic E-state index is 3.68. The van der Waals surface area contributed by atoms with E-state index in [9.17, 15) is 0 Å². The van der Waals surface area contributed by atoms with Gasteiger partial charge in [0, 0.05) is 43.5 Å². The standard InChI is InChI=1S/C61H52N2S/c1-60(2)50-35-40(25-29-46(50)48-31-27-44(38-52(48)60)62-54-17-7-5-15-42(54)37-43-16-6-8-18-55(43)62)23-24-41-26-30-47-49-32-28-45(39-53(49)61(3,4)51(47)36-41)63-56-19-9-11-21-58(56)64(33-13-14-34-64)59-22-12-10-20-57(59)63/h5-12,15-26,28-30,32,35-36,38-39,42,54H,13-14,33-34,37H2,1-4H3. The fraction of sp³-hybridized carbons (Fsp3) is 0.213. The first-order valence-corrected chi connectivity index (χ1v) is 25.3. The molecule has 1 spiro atoms. The lowest BCUT2D eigenvalue weighted by Crippen LogP contribution is -2.41. The van der Waals surface area contributed by atoms with Crippen LogP contribution in [0.5, 0.6) is 0 Å². The van der Waals surface area contributed by atoms with Crippen molar-refractivity contribution in [2.24, 2.45) is 5.92 Å². The topological polar surface area (TPSA) is 6.48 Å². The van der Waals surface area contributed by atoms with Gasteiger partial charge in [0.25, 0.3) is 0 Å². The normalized spacial score (nSPS) is 21.0. The summed E-state index contributed by atoms with van der Waals surface area (Å²) in [6.07, 6.45) is 17.4. The molecule has 1 fully saturated rings. The van der Waals surface area contributed by atoms with Gasteiger partial charge in [-0.1, -0.05) is 155 Å². The van der Waals surface area contributed by atoms with Crippen LogP contribution in [0.25, 0.3) is 34.4 Å². The van der Waals surface area contributed by atoms with Crippen LogP contribution in [-0.4, -0.2) is 17.5 Å². The van der Waals surface area contributed by atoms with Crippen molar-refractivity contribution in [1.82, 2.24) is 0 Å². The molecule has 0 aromatic heterocycles. The van der Waals surface area contributed by atoms with E-state index >= 15 is 0 Å². The van der Waals surface area contributed by atoms with E-state index in [2.05, 4.69) is 220 Å². The number of anilines is 5. The van der Waals surface area contributed by atoms with Crippen molar-refractivity contribution >= 4 is 50.6 Å². The van der Waals surface area contributed by atoms with Crippen LogP contribution in [0.1, 0.15) is 79.5 Å². The van der Waals surface area contributed by atoms with Gasteiger partial charge in [-0.2, -0.15) is 10.0 Å². The fourth-order valence-electron chi connectivity index (χ4n) is 12.4. The molecule has 6 aliphatic rings. The second kappa shape index (κ2) is 13.8. The number of rotatable bonds is 4. The van der Waals surface area contributed by atoms with Gasteiger partial charge in [0.1, 0.15) is 0 Å². The van der Waals surface area contributed by atoms with E-state index in [4.69, 9.17) is 0 Å². The Morgan fingerprint density at radius 3 is 1.86 bits per heavy atom. The van der Waals surface area contributed by atoms with E-state index in [0.29, 0.717) is 5.92 Å². The van der Waals surface area contributed by atoms with Gasteiger partial charge in [0.2, 0.25) is 0 Å². The highest BCUT2D eigenvalue weighted by molar-refractivity contribution is 8.34. The Labute approximate surface area is 380 Å². The maximum Gasteiger partial charge on any atom is 0.0936 e. The van der Waals surface area contributed by atoms with Gasteiger partial charge in [0.15, 0.2) is 0 Å². The highest BCUT2D eigenvalue weighted by Gasteiger charge is 2.43. The van der Waals surface area contributed by atoms with Crippen molar-refractivity contribution in [2.75, 3.05) is 21.3 Å². The third-order valence-electron chi connectivity index (χ3n) is 15.7. The smallest absolute Gasteiger partial charge is 0.0936 e. The highest BCUT2D eigenvalue weighted by atomic mass is 32.3. The van der Waals surface area contributed by atoms with Crippen molar-refractivity contribution in [2.45, 2.75) is 73.6 Å². The van der Waals surface area contributed by atoms with E-state index in [1.165, 1.54) is 108 Å². The van der Waals surface area contributed by atoms with Gasteiger partial charge in [-0.3, -0.25) is 0 Å². The number of benzene rings is 6. The van der Waals surface area contributed by atoms with Gasteiger partial charge in [-0.25, -0.2) is 0 Å². The monoisotopic (exact) mass is 844 g/mol. The first-order valence-electron chi connectivity index (χ1n) is 23.3. The summed E-state index contributed by atoms with van der Waals surface area (Å²) in [7, 11) is -1.02.